The summed E-state index contributed by atoms with van der Waals surface area (Å²) in [6.45, 7) is 3.48. The topological polar surface area (TPSA) is 56.7 Å². The molecule has 0 bridgehead atoms. The molecule has 0 saturated heterocycles. The Morgan fingerprint density at radius 1 is 1.27 bits per heavy atom. The minimum atomic E-state index is -0.559. The van der Waals surface area contributed by atoms with E-state index in [-0.39, 0.29) is 24.0 Å². The number of thioether (sulfide) groups is 1. The molecule has 0 aromatic carbocycles. The van der Waals surface area contributed by atoms with E-state index in [1.165, 1.54) is 25.7 Å². The van der Waals surface area contributed by atoms with Gasteiger partial charge in [0, 0.05) is 17.8 Å². The van der Waals surface area contributed by atoms with E-state index >= 15 is 0 Å². The average molecular weight is 441 g/mol. The van der Waals surface area contributed by atoms with Crippen molar-refractivity contribution in [3.8, 4) is 0 Å². The van der Waals surface area contributed by atoms with Crippen LogP contribution < -0.4 is 10.6 Å². The van der Waals surface area contributed by atoms with Gasteiger partial charge in [0.2, 0.25) is 0 Å². The van der Waals surface area contributed by atoms with E-state index in [0.29, 0.717) is 12.6 Å². The van der Waals surface area contributed by atoms with Crippen molar-refractivity contribution in [3.05, 3.63) is 0 Å². The quantitative estimate of drug-likeness (QED) is 0.349. The largest absolute Gasteiger partial charge is 0.388 e. The summed E-state index contributed by atoms with van der Waals surface area (Å²) in [6.07, 6.45) is 11.4. The lowest BCUT2D eigenvalue weighted by molar-refractivity contribution is 0.0574. The van der Waals surface area contributed by atoms with Crippen LogP contribution in [0.15, 0.2) is 4.99 Å². The van der Waals surface area contributed by atoms with Crippen LogP contribution in [0.25, 0.3) is 0 Å². The monoisotopic (exact) mass is 441 g/mol. The number of rotatable bonds is 5. The minimum Gasteiger partial charge on any atom is -0.388 e. The molecule has 2 fully saturated rings. The van der Waals surface area contributed by atoms with Gasteiger partial charge in [0.05, 0.1) is 12.1 Å². The lowest BCUT2D eigenvalue weighted by atomic mass is 9.95. The lowest BCUT2D eigenvalue weighted by Gasteiger charge is -2.30. The summed E-state index contributed by atoms with van der Waals surface area (Å²) in [4.78, 5) is 4.65. The zero-order valence-electron chi connectivity index (χ0n) is 13.9. The molecule has 2 rings (SSSR count). The Balaban J connectivity index is 0.00000242. The Kier molecular flexibility index (Phi) is 9.47. The van der Waals surface area contributed by atoms with Crippen molar-refractivity contribution in [2.75, 3.05) is 19.3 Å². The van der Waals surface area contributed by atoms with Gasteiger partial charge in [-0.3, -0.25) is 4.99 Å². The van der Waals surface area contributed by atoms with Gasteiger partial charge in [-0.1, -0.05) is 19.3 Å². The Morgan fingerprint density at radius 2 is 2.00 bits per heavy atom. The molecule has 2 saturated carbocycles. The SMILES string of the molecule is CCNC(=NCC1(O)CCCC1)NC1CCCC(SC)C1.I. The summed E-state index contributed by atoms with van der Waals surface area (Å²) in [6, 6.07) is 0.521. The van der Waals surface area contributed by atoms with Gasteiger partial charge < -0.3 is 15.7 Å². The molecule has 22 heavy (non-hydrogen) atoms. The van der Waals surface area contributed by atoms with E-state index in [1.54, 1.807) is 0 Å². The summed E-state index contributed by atoms with van der Waals surface area (Å²) in [5, 5.41) is 18.1. The van der Waals surface area contributed by atoms with E-state index in [9.17, 15) is 5.11 Å². The van der Waals surface area contributed by atoms with Crippen molar-refractivity contribution in [2.45, 2.75) is 75.2 Å². The molecule has 0 spiro atoms. The van der Waals surface area contributed by atoms with Crippen LogP contribution >= 0.6 is 35.7 Å². The van der Waals surface area contributed by atoms with Gasteiger partial charge in [0.25, 0.3) is 0 Å². The molecule has 2 unspecified atom stereocenters. The lowest BCUT2D eigenvalue weighted by Crippen LogP contribution is -2.46. The zero-order chi connectivity index (χ0) is 15.1. The standard InChI is InChI=1S/C16H31N3OS.HI/c1-3-17-15(18-12-16(20)9-4-5-10-16)19-13-7-6-8-14(11-13)21-2;/h13-14,20H,3-12H2,1-2H3,(H2,17,18,19);1H. The second kappa shape index (κ2) is 10.2. The van der Waals surface area contributed by atoms with Crippen LogP contribution in [0, 0.1) is 0 Å². The molecule has 2 aliphatic carbocycles. The third-order valence-electron chi connectivity index (χ3n) is 4.71. The first-order valence-electron chi connectivity index (χ1n) is 8.45. The van der Waals surface area contributed by atoms with Crippen LogP contribution in [0.4, 0.5) is 0 Å². The molecule has 0 aromatic heterocycles. The van der Waals surface area contributed by atoms with Gasteiger partial charge >= 0.3 is 0 Å². The smallest absolute Gasteiger partial charge is 0.191 e. The van der Waals surface area contributed by atoms with Gasteiger partial charge in [-0.2, -0.15) is 11.8 Å². The predicted octanol–water partition coefficient (Wildman–Crippen LogP) is 3.14. The molecule has 0 heterocycles. The van der Waals surface area contributed by atoms with Gasteiger partial charge in [-0.15, -0.1) is 24.0 Å². The van der Waals surface area contributed by atoms with Crippen LogP contribution in [-0.4, -0.2) is 47.3 Å². The van der Waals surface area contributed by atoms with Crippen LogP contribution in [0.2, 0.25) is 0 Å². The molecule has 0 aromatic rings. The fourth-order valence-corrected chi connectivity index (χ4v) is 4.25. The third kappa shape index (κ3) is 6.43. The third-order valence-corrected chi connectivity index (χ3v) is 5.81. The number of nitrogens with one attached hydrogen (secondary N) is 2. The second-order valence-electron chi connectivity index (χ2n) is 6.49. The van der Waals surface area contributed by atoms with E-state index in [1.807, 2.05) is 11.8 Å². The van der Waals surface area contributed by atoms with Crippen molar-refractivity contribution < 1.29 is 5.11 Å². The number of guanidine groups is 1. The predicted molar refractivity (Wildman–Crippen MR) is 108 cm³/mol. The van der Waals surface area contributed by atoms with Gasteiger partial charge in [-0.05, 0) is 45.3 Å². The Bertz CT molecular complexity index is 348. The molecular formula is C16H32IN3OS. The fraction of sp³-hybridized carbons (Fsp3) is 0.938. The average Bonchev–Trinajstić information content (AvgIpc) is 2.93. The maximum absolute atomic E-state index is 10.4. The molecule has 6 heteroatoms. The Morgan fingerprint density at radius 3 is 2.64 bits per heavy atom. The molecule has 130 valence electrons. The summed E-state index contributed by atoms with van der Waals surface area (Å²) in [5.41, 5.74) is -0.559. The van der Waals surface area contributed by atoms with Crippen LogP contribution in [0.1, 0.15) is 58.3 Å². The minimum absolute atomic E-state index is 0. The van der Waals surface area contributed by atoms with Crippen molar-refractivity contribution in [3.63, 3.8) is 0 Å². The maximum Gasteiger partial charge on any atom is 0.191 e. The first-order chi connectivity index (χ1) is 10.1. The Labute approximate surface area is 156 Å². The van der Waals surface area contributed by atoms with Crippen molar-refractivity contribution >= 4 is 41.7 Å². The highest BCUT2D eigenvalue weighted by atomic mass is 127. The zero-order valence-corrected chi connectivity index (χ0v) is 17.1. The van der Waals surface area contributed by atoms with Crippen LogP contribution in [0.5, 0.6) is 0 Å². The maximum atomic E-state index is 10.4. The number of hydrogen-bond acceptors (Lipinski definition) is 3. The number of aliphatic imine (C=N–C) groups is 1. The molecular weight excluding hydrogens is 409 g/mol. The van der Waals surface area contributed by atoms with E-state index in [2.05, 4.69) is 28.8 Å². The molecule has 2 aliphatic rings. The normalized spacial score (nSPS) is 28.0. The molecule has 0 aliphatic heterocycles. The number of aliphatic hydroxyl groups is 1. The molecule has 4 nitrogen and oxygen atoms in total. The summed E-state index contributed by atoms with van der Waals surface area (Å²) in [7, 11) is 0. The molecule has 3 N–H and O–H groups in total. The summed E-state index contributed by atoms with van der Waals surface area (Å²) < 4.78 is 0. The number of hydrogen-bond donors (Lipinski definition) is 3. The first kappa shape index (κ1) is 20.4. The molecule has 0 radical (unpaired) electrons. The van der Waals surface area contributed by atoms with E-state index in [0.717, 1.165) is 43.4 Å². The number of nitrogens with zero attached hydrogens (tertiary/aromatic N) is 1. The molecule has 0 amide bonds. The highest BCUT2D eigenvalue weighted by molar-refractivity contribution is 14.0. The Hall–Kier alpha value is 0.310. The fourth-order valence-electron chi connectivity index (χ4n) is 3.42. The van der Waals surface area contributed by atoms with E-state index < -0.39 is 5.60 Å². The second-order valence-corrected chi connectivity index (χ2v) is 7.63. The number of halogens is 1. The first-order valence-corrected chi connectivity index (χ1v) is 9.74. The highest BCUT2D eigenvalue weighted by Gasteiger charge is 2.31. The van der Waals surface area contributed by atoms with E-state index in [4.69, 9.17) is 0 Å². The summed E-state index contributed by atoms with van der Waals surface area (Å²) in [5.74, 6) is 0.879. The summed E-state index contributed by atoms with van der Waals surface area (Å²) >= 11 is 1.98. The van der Waals surface area contributed by atoms with Gasteiger partial charge in [0.1, 0.15) is 0 Å². The van der Waals surface area contributed by atoms with Crippen molar-refractivity contribution in [1.29, 1.82) is 0 Å². The van der Waals surface area contributed by atoms with Gasteiger partial charge in [-0.25, -0.2) is 0 Å². The van der Waals surface area contributed by atoms with Gasteiger partial charge in [0.15, 0.2) is 5.96 Å². The van der Waals surface area contributed by atoms with Crippen molar-refractivity contribution in [1.82, 2.24) is 10.6 Å². The highest BCUT2D eigenvalue weighted by Crippen LogP contribution is 2.29. The van der Waals surface area contributed by atoms with Crippen molar-refractivity contribution in [2.24, 2.45) is 4.99 Å². The van der Waals surface area contributed by atoms with Crippen LogP contribution in [-0.2, 0) is 0 Å². The van der Waals surface area contributed by atoms with Crippen LogP contribution in [0.3, 0.4) is 0 Å². The molecule has 2 atom stereocenters.